The average molecular weight is 433 g/mol. The fraction of sp³-hybridized carbons (Fsp3) is 0.0714. The summed E-state index contributed by atoms with van der Waals surface area (Å²) in [5.74, 6) is 0.705. The first-order valence-corrected chi connectivity index (χ1v) is 9.09. The van der Waals surface area contributed by atoms with Crippen molar-refractivity contribution in [3.05, 3.63) is 56.1 Å². The number of hydrogen-bond acceptors (Lipinski definition) is 3. The van der Waals surface area contributed by atoms with Gasteiger partial charge in [0.25, 0.3) is 5.91 Å². The van der Waals surface area contributed by atoms with Crippen molar-refractivity contribution >= 4 is 66.6 Å². The monoisotopic (exact) mass is 431 g/mol. The molecule has 0 aliphatic heterocycles. The van der Waals surface area contributed by atoms with E-state index in [9.17, 15) is 4.79 Å². The Balaban J connectivity index is 2.17. The maximum atomic E-state index is 12.2. The first kappa shape index (κ1) is 15.8. The molecule has 2 rings (SSSR count). The van der Waals surface area contributed by atoms with Crippen molar-refractivity contribution in [1.29, 1.82) is 0 Å². The van der Waals surface area contributed by atoms with E-state index in [1.165, 1.54) is 11.3 Å². The zero-order valence-electron chi connectivity index (χ0n) is 10.4. The molecule has 104 valence electrons. The Morgan fingerprint density at radius 1 is 1.40 bits per heavy atom. The minimum absolute atomic E-state index is 0.104. The Kier molecular flexibility index (Phi) is 5.89. The van der Waals surface area contributed by atoms with Crippen molar-refractivity contribution in [1.82, 2.24) is 0 Å². The van der Waals surface area contributed by atoms with Crippen LogP contribution in [0.5, 0.6) is 0 Å². The van der Waals surface area contributed by atoms with E-state index >= 15 is 0 Å². The van der Waals surface area contributed by atoms with Crippen LogP contribution in [0.25, 0.3) is 0 Å². The predicted molar refractivity (Wildman–Crippen MR) is 95.0 cm³/mol. The minimum Gasteiger partial charge on any atom is -0.320 e. The molecule has 2 nitrogen and oxygen atoms in total. The van der Waals surface area contributed by atoms with E-state index < -0.39 is 0 Å². The Morgan fingerprint density at radius 2 is 2.15 bits per heavy atom. The van der Waals surface area contributed by atoms with E-state index in [4.69, 9.17) is 0 Å². The Morgan fingerprint density at radius 3 is 2.80 bits per heavy atom. The summed E-state index contributed by atoms with van der Waals surface area (Å²) in [6.45, 7) is 3.71. The Labute approximate surface area is 142 Å². The summed E-state index contributed by atoms with van der Waals surface area (Å²) < 4.78 is 1.80. The number of para-hydroxylation sites is 1. The molecular weight excluding hydrogens is 422 g/mol. The molecule has 0 fully saturated rings. The number of carbonyl (C=O) groups excluding carboxylic acids is 1. The normalized spacial score (nSPS) is 10.3. The van der Waals surface area contributed by atoms with Crippen LogP contribution in [0.15, 0.2) is 56.1 Å². The molecular formula is C14H11Br2NOS2. The molecule has 0 aliphatic carbocycles. The molecule has 1 aromatic heterocycles. The molecule has 0 unspecified atom stereocenters. The standard InChI is InChI=1S/C14H11Br2NOS2/c1-2-7-19-11-6-4-3-5-10(11)17-14(18)12-8-9(15)13(16)20-12/h2-6,8H,1,7H2,(H,17,18). The van der Waals surface area contributed by atoms with E-state index in [1.54, 1.807) is 11.8 Å². The first-order chi connectivity index (χ1) is 9.61. The lowest BCUT2D eigenvalue weighted by molar-refractivity contribution is 0.103. The number of hydrogen-bond donors (Lipinski definition) is 1. The van der Waals surface area contributed by atoms with Gasteiger partial charge >= 0.3 is 0 Å². The Hall–Kier alpha value is -0.560. The number of thioether (sulfide) groups is 1. The maximum Gasteiger partial charge on any atom is 0.265 e. The molecule has 0 bridgehead atoms. The van der Waals surface area contributed by atoms with Gasteiger partial charge in [0.2, 0.25) is 0 Å². The van der Waals surface area contributed by atoms with E-state index in [-0.39, 0.29) is 5.91 Å². The minimum atomic E-state index is -0.104. The van der Waals surface area contributed by atoms with E-state index in [0.717, 1.165) is 24.6 Å². The number of benzene rings is 1. The molecule has 2 aromatic rings. The third kappa shape index (κ3) is 3.97. The molecule has 6 heteroatoms. The van der Waals surface area contributed by atoms with Gasteiger partial charge in [0.05, 0.1) is 14.4 Å². The SMILES string of the molecule is C=CCSc1ccccc1NC(=O)c1cc(Br)c(Br)s1. The number of halogens is 2. The number of anilines is 1. The van der Waals surface area contributed by atoms with E-state index in [0.29, 0.717) is 4.88 Å². The van der Waals surface area contributed by atoms with Crippen molar-refractivity contribution in [3.8, 4) is 0 Å². The zero-order chi connectivity index (χ0) is 14.5. The molecule has 0 spiro atoms. The summed E-state index contributed by atoms with van der Waals surface area (Å²) in [4.78, 5) is 13.9. The third-order valence-corrected chi connectivity index (χ3v) is 6.69. The molecule has 0 aliphatic rings. The highest BCUT2D eigenvalue weighted by Crippen LogP contribution is 2.33. The van der Waals surface area contributed by atoms with Crippen LogP contribution in [0.2, 0.25) is 0 Å². The molecule has 20 heavy (non-hydrogen) atoms. The predicted octanol–water partition coefficient (Wildman–Crippen LogP) is 5.80. The second-order valence-electron chi connectivity index (χ2n) is 3.78. The summed E-state index contributed by atoms with van der Waals surface area (Å²) in [6.07, 6.45) is 1.84. The molecule has 0 radical (unpaired) electrons. The van der Waals surface area contributed by atoms with Gasteiger partial charge in [-0.1, -0.05) is 18.2 Å². The van der Waals surface area contributed by atoms with Gasteiger partial charge in [-0.2, -0.15) is 0 Å². The molecule has 1 amide bonds. The molecule has 0 saturated carbocycles. The number of amides is 1. The molecule has 0 atom stereocenters. The Bertz CT molecular complexity index is 620. The first-order valence-electron chi connectivity index (χ1n) is 5.70. The van der Waals surface area contributed by atoms with Crippen LogP contribution >= 0.6 is 55.0 Å². The summed E-state index contributed by atoms with van der Waals surface area (Å²) in [7, 11) is 0. The lowest BCUT2D eigenvalue weighted by Gasteiger charge is -2.09. The van der Waals surface area contributed by atoms with Gasteiger partial charge in [-0.05, 0) is 50.1 Å². The highest BCUT2D eigenvalue weighted by Gasteiger charge is 2.13. The highest BCUT2D eigenvalue weighted by molar-refractivity contribution is 9.13. The van der Waals surface area contributed by atoms with Crippen LogP contribution in [0.4, 0.5) is 5.69 Å². The molecule has 1 N–H and O–H groups in total. The van der Waals surface area contributed by atoms with Gasteiger partial charge in [0, 0.05) is 15.1 Å². The van der Waals surface area contributed by atoms with Gasteiger partial charge < -0.3 is 5.32 Å². The summed E-state index contributed by atoms with van der Waals surface area (Å²) in [6, 6.07) is 9.57. The summed E-state index contributed by atoms with van der Waals surface area (Å²) in [5.41, 5.74) is 0.824. The van der Waals surface area contributed by atoms with Crippen molar-refractivity contribution < 1.29 is 4.79 Å². The largest absolute Gasteiger partial charge is 0.320 e. The number of nitrogens with one attached hydrogen (secondary N) is 1. The smallest absolute Gasteiger partial charge is 0.265 e. The fourth-order valence-corrected chi connectivity index (χ4v) is 4.16. The fourth-order valence-electron chi connectivity index (χ4n) is 1.49. The van der Waals surface area contributed by atoms with Crippen molar-refractivity contribution in [2.24, 2.45) is 0 Å². The maximum absolute atomic E-state index is 12.2. The van der Waals surface area contributed by atoms with Crippen molar-refractivity contribution in [2.75, 3.05) is 11.1 Å². The highest BCUT2D eigenvalue weighted by atomic mass is 79.9. The van der Waals surface area contributed by atoms with Crippen LogP contribution in [0, 0.1) is 0 Å². The van der Waals surface area contributed by atoms with Crippen LogP contribution in [-0.4, -0.2) is 11.7 Å². The van der Waals surface area contributed by atoms with Crippen molar-refractivity contribution in [3.63, 3.8) is 0 Å². The lowest BCUT2D eigenvalue weighted by Crippen LogP contribution is -2.10. The average Bonchev–Trinajstić information content (AvgIpc) is 2.78. The topological polar surface area (TPSA) is 29.1 Å². The van der Waals surface area contributed by atoms with Crippen LogP contribution in [0.1, 0.15) is 9.67 Å². The summed E-state index contributed by atoms with van der Waals surface area (Å²) in [5, 5.41) is 2.95. The van der Waals surface area contributed by atoms with Gasteiger partial charge in [-0.3, -0.25) is 4.79 Å². The van der Waals surface area contributed by atoms with Crippen molar-refractivity contribution in [2.45, 2.75) is 4.90 Å². The van der Waals surface area contributed by atoms with Gasteiger partial charge in [-0.25, -0.2) is 0 Å². The van der Waals surface area contributed by atoms with Gasteiger partial charge in [0.1, 0.15) is 0 Å². The lowest BCUT2D eigenvalue weighted by atomic mass is 10.3. The number of rotatable bonds is 5. The van der Waals surface area contributed by atoms with Crippen LogP contribution in [-0.2, 0) is 0 Å². The summed E-state index contributed by atoms with van der Waals surface area (Å²) >= 11 is 9.83. The number of carbonyl (C=O) groups is 1. The van der Waals surface area contributed by atoms with Gasteiger partial charge in [0.15, 0.2) is 0 Å². The molecule has 0 saturated heterocycles. The van der Waals surface area contributed by atoms with Gasteiger partial charge in [-0.15, -0.1) is 29.7 Å². The van der Waals surface area contributed by atoms with Crippen LogP contribution in [0.3, 0.4) is 0 Å². The number of thiophene rings is 1. The van der Waals surface area contributed by atoms with Crippen LogP contribution < -0.4 is 5.32 Å². The van der Waals surface area contributed by atoms with E-state index in [1.807, 2.05) is 36.4 Å². The van der Waals surface area contributed by atoms with E-state index in [2.05, 4.69) is 43.8 Å². The molecule has 1 heterocycles. The second-order valence-corrected chi connectivity index (χ2v) is 8.07. The zero-order valence-corrected chi connectivity index (χ0v) is 15.2. The molecule has 1 aromatic carbocycles. The second kappa shape index (κ2) is 7.45. The quantitative estimate of drug-likeness (QED) is 0.477. The third-order valence-electron chi connectivity index (χ3n) is 2.36.